The molecule has 0 bridgehead atoms. The van der Waals surface area contributed by atoms with E-state index >= 15 is 0 Å². The van der Waals surface area contributed by atoms with Gasteiger partial charge in [0, 0.05) is 17.1 Å². The number of hydrogen-bond acceptors (Lipinski definition) is 7. The molecular weight excluding hydrogens is 423 g/mol. The Morgan fingerprint density at radius 3 is 2.61 bits per heavy atom. The number of aromatic nitrogens is 2. The fraction of sp³-hybridized carbons (Fsp3) is 0.0500. The maximum atomic E-state index is 14.3. The number of carbonyl (C=O) groups excluding carboxylic acids is 1. The first-order chi connectivity index (χ1) is 14.7. The summed E-state index contributed by atoms with van der Waals surface area (Å²) in [5, 5.41) is 13.5. The minimum atomic E-state index is -3.88. The standard InChI is InChI=1S/C20H19FN6O3S/c1-3-18(28)24-14-7-8-17(12(2)9-14)26-19-16(21)11-23-20(27-19)25-13-5-4-6-15(10-13)31(22,29)30/h3-11H,1H2,2H3,(H,24,28)(H2,22,29,30)(H2,23,25,26,27). The highest BCUT2D eigenvalue weighted by Gasteiger charge is 2.12. The molecule has 1 heterocycles. The van der Waals surface area contributed by atoms with Gasteiger partial charge in [-0.2, -0.15) is 4.98 Å². The van der Waals surface area contributed by atoms with Crippen molar-refractivity contribution in [3.63, 3.8) is 0 Å². The van der Waals surface area contributed by atoms with Gasteiger partial charge in [-0.05, 0) is 55.0 Å². The van der Waals surface area contributed by atoms with Gasteiger partial charge >= 0.3 is 0 Å². The first kappa shape index (κ1) is 21.9. The molecule has 160 valence electrons. The van der Waals surface area contributed by atoms with Crippen LogP contribution >= 0.6 is 0 Å². The molecule has 3 rings (SSSR count). The maximum Gasteiger partial charge on any atom is 0.247 e. The highest BCUT2D eigenvalue weighted by molar-refractivity contribution is 7.89. The van der Waals surface area contributed by atoms with Crippen LogP contribution in [0.5, 0.6) is 0 Å². The number of nitrogens with one attached hydrogen (secondary N) is 3. The summed E-state index contributed by atoms with van der Waals surface area (Å²) in [6, 6.07) is 10.8. The third-order valence-corrected chi connectivity index (χ3v) is 5.01. The molecule has 0 unspecified atom stereocenters. The number of benzene rings is 2. The van der Waals surface area contributed by atoms with Gasteiger partial charge in [0.2, 0.25) is 21.9 Å². The van der Waals surface area contributed by atoms with E-state index in [2.05, 4.69) is 32.5 Å². The predicted molar refractivity (Wildman–Crippen MR) is 116 cm³/mol. The van der Waals surface area contributed by atoms with Crippen molar-refractivity contribution in [1.29, 1.82) is 0 Å². The van der Waals surface area contributed by atoms with Crippen LogP contribution in [0.1, 0.15) is 5.56 Å². The Balaban J connectivity index is 1.82. The zero-order valence-corrected chi connectivity index (χ0v) is 17.2. The summed E-state index contributed by atoms with van der Waals surface area (Å²) in [5.41, 5.74) is 2.22. The van der Waals surface area contributed by atoms with Crippen molar-refractivity contribution in [3.05, 3.63) is 72.7 Å². The number of nitrogens with two attached hydrogens (primary N) is 1. The second kappa shape index (κ2) is 8.90. The zero-order chi connectivity index (χ0) is 22.6. The lowest BCUT2D eigenvalue weighted by molar-refractivity contribution is -0.111. The van der Waals surface area contributed by atoms with Gasteiger partial charge in [0.15, 0.2) is 11.6 Å². The molecule has 0 aliphatic rings. The van der Waals surface area contributed by atoms with E-state index in [1.807, 2.05) is 0 Å². The van der Waals surface area contributed by atoms with Crippen LogP contribution in [-0.2, 0) is 14.8 Å². The molecule has 0 aliphatic carbocycles. The highest BCUT2D eigenvalue weighted by atomic mass is 32.2. The SMILES string of the molecule is C=CC(=O)Nc1ccc(Nc2nc(Nc3cccc(S(N)(=O)=O)c3)ncc2F)c(C)c1. The highest BCUT2D eigenvalue weighted by Crippen LogP contribution is 2.25. The lowest BCUT2D eigenvalue weighted by Crippen LogP contribution is -2.12. The normalized spacial score (nSPS) is 10.9. The van der Waals surface area contributed by atoms with E-state index in [9.17, 15) is 17.6 Å². The Bertz CT molecular complexity index is 1260. The van der Waals surface area contributed by atoms with Gasteiger partial charge in [-0.25, -0.2) is 22.9 Å². The maximum absolute atomic E-state index is 14.3. The van der Waals surface area contributed by atoms with Gasteiger partial charge in [-0.1, -0.05) is 12.6 Å². The summed E-state index contributed by atoms with van der Waals surface area (Å²) in [4.78, 5) is 19.3. The summed E-state index contributed by atoms with van der Waals surface area (Å²) in [5.74, 6) is -1.08. The van der Waals surface area contributed by atoms with Crippen molar-refractivity contribution in [1.82, 2.24) is 9.97 Å². The number of sulfonamides is 1. The van der Waals surface area contributed by atoms with E-state index in [0.717, 1.165) is 17.8 Å². The number of rotatable bonds is 7. The van der Waals surface area contributed by atoms with E-state index in [0.29, 0.717) is 17.1 Å². The fourth-order valence-electron chi connectivity index (χ4n) is 2.60. The molecule has 0 radical (unpaired) electrons. The summed E-state index contributed by atoms with van der Waals surface area (Å²) in [7, 11) is -3.88. The zero-order valence-electron chi connectivity index (χ0n) is 16.4. The van der Waals surface area contributed by atoms with Crippen LogP contribution < -0.4 is 21.1 Å². The number of aryl methyl sites for hydroxylation is 1. The fourth-order valence-corrected chi connectivity index (χ4v) is 3.16. The van der Waals surface area contributed by atoms with E-state index < -0.39 is 15.8 Å². The van der Waals surface area contributed by atoms with Gasteiger partial charge in [0.25, 0.3) is 0 Å². The molecule has 2 aromatic carbocycles. The molecule has 0 saturated carbocycles. The third-order valence-electron chi connectivity index (χ3n) is 4.10. The van der Waals surface area contributed by atoms with Crippen LogP contribution in [0.2, 0.25) is 0 Å². The second-order valence-corrected chi connectivity index (χ2v) is 8.00. The average Bonchev–Trinajstić information content (AvgIpc) is 2.72. The summed E-state index contributed by atoms with van der Waals surface area (Å²) < 4.78 is 37.3. The molecule has 5 N–H and O–H groups in total. The van der Waals surface area contributed by atoms with Crippen molar-refractivity contribution in [2.75, 3.05) is 16.0 Å². The molecule has 3 aromatic rings. The van der Waals surface area contributed by atoms with Crippen LogP contribution in [0.15, 0.2) is 66.2 Å². The second-order valence-electron chi connectivity index (χ2n) is 6.44. The van der Waals surface area contributed by atoms with E-state index in [1.54, 1.807) is 31.2 Å². The molecule has 0 saturated heterocycles. The van der Waals surface area contributed by atoms with E-state index in [4.69, 9.17) is 5.14 Å². The Morgan fingerprint density at radius 2 is 1.94 bits per heavy atom. The molecule has 0 atom stereocenters. The van der Waals surface area contributed by atoms with Crippen molar-refractivity contribution in [2.24, 2.45) is 5.14 Å². The summed E-state index contributed by atoms with van der Waals surface area (Å²) in [6.07, 6.45) is 2.14. The minimum Gasteiger partial charge on any atom is -0.337 e. The first-order valence-electron chi connectivity index (χ1n) is 8.89. The Hall–Kier alpha value is -3.83. The van der Waals surface area contributed by atoms with Gasteiger partial charge < -0.3 is 16.0 Å². The van der Waals surface area contributed by atoms with Crippen molar-refractivity contribution < 1.29 is 17.6 Å². The number of halogens is 1. The summed E-state index contributed by atoms with van der Waals surface area (Å²) >= 11 is 0. The monoisotopic (exact) mass is 442 g/mol. The lowest BCUT2D eigenvalue weighted by atomic mass is 10.1. The first-order valence-corrected chi connectivity index (χ1v) is 10.4. The Kier molecular flexibility index (Phi) is 6.28. The Morgan fingerprint density at radius 1 is 1.16 bits per heavy atom. The third kappa shape index (κ3) is 5.62. The topological polar surface area (TPSA) is 139 Å². The quantitative estimate of drug-likeness (QED) is 0.412. The van der Waals surface area contributed by atoms with E-state index in [1.165, 1.54) is 18.2 Å². The molecule has 0 fully saturated rings. The number of primary sulfonamides is 1. The van der Waals surface area contributed by atoms with Gasteiger partial charge in [0.1, 0.15) is 0 Å². The lowest BCUT2D eigenvalue weighted by Gasteiger charge is -2.13. The molecule has 0 aliphatic heterocycles. The molecule has 1 aromatic heterocycles. The molecule has 0 spiro atoms. The smallest absolute Gasteiger partial charge is 0.247 e. The van der Waals surface area contributed by atoms with Crippen molar-refractivity contribution in [3.8, 4) is 0 Å². The van der Waals surface area contributed by atoms with Gasteiger partial charge in [-0.15, -0.1) is 0 Å². The van der Waals surface area contributed by atoms with Crippen LogP contribution in [0.4, 0.5) is 33.2 Å². The number of anilines is 5. The van der Waals surface area contributed by atoms with E-state index in [-0.39, 0.29) is 22.6 Å². The predicted octanol–water partition coefficient (Wildman–Crippen LogP) is 3.18. The van der Waals surface area contributed by atoms with Crippen LogP contribution in [0, 0.1) is 12.7 Å². The largest absolute Gasteiger partial charge is 0.337 e. The van der Waals surface area contributed by atoms with Gasteiger partial charge in [0.05, 0.1) is 11.1 Å². The molecule has 9 nitrogen and oxygen atoms in total. The van der Waals surface area contributed by atoms with Crippen LogP contribution in [-0.4, -0.2) is 24.3 Å². The van der Waals surface area contributed by atoms with Gasteiger partial charge in [-0.3, -0.25) is 4.79 Å². The number of amides is 1. The number of hydrogen-bond donors (Lipinski definition) is 4. The number of nitrogens with zero attached hydrogens (tertiary/aromatic N) is 2. The Labute approximate surface area is 178 Å². The summed E-state index contributed by atoms with van der Waals surface area (Å²) in [6.45, 7) is 5.18. The molecule has 1 amide bonds. The molecule has 31 heavy (non-hydrogen) atoms. The molecule has 11 heteroatoms. The van der Waals surface area contributed by atoms with Crippen molar-refractivity contribution >= 4 is 44.8 Å². The van der Waals surface area contributed by atoms with Crippen molar-refractivity contribution in [2.45, 2.75) is 11.8 Å². The molecular formula is C20H19FN6O3S. The minimum absolute atomic E-state index is 0.0444. The van der Waals surface area contributed by atoms with Crippen LogP contribution in [0.25, 0.3) is 0 Å². The number of carbonyl (C=O) groups is 1. The average molecular weight is 442 g/mol. The van der Waals surface area contributed by atoms with Crippen LogP contribution in [0.3, 0.4) is 0 Å².